The Morgan fingerprint density at radius 2 is 1.71 bits per heavy atom. The van der Waals surface area contributed by atoms with Gasteiger partial charge in [0, 0.05) is 18.7 Å². The summed E-state index contributed by atoms with van der Waals surface area (Å²) >= 11 is 5.09. The highest BCUT2D eigenvalue weighted by atomic mass is 127. The van der Waals surface area contributed by atoms with Crippen molar-refractivity contribution in [2.24, 2.45) is 0 Å². The summed E-state index contributed by atoms with van der Waals surface area (Å²) in [7, 11) is 0. The number of carbonyl (C=O) groups excluding carboxylic acids is 3. The van der Waals surface area contributed by atoms with Crippen molar-refractivity contribution in [3.8, 4) is 5.75 Å². The highest BCUT2D eigenvalue weighted by Gasteiger charge is 2.37. The van der Waals surface area contributed by atoms with Crippen LogP contribution in [0.1, 0.15) is 22.3 Å². The van der Waals surface area contributed by atoms with Crippen LogP contribution in [0, 0.1) is 13.0 Å². The number of halogens is 3. The molecule has 3 amide bonds. The van der Waals surface area contributed by atoms with E-state index in [9.17, 15) is 18.8 Å². The van der Waals surface area contributed by atoms with Gasteiger partial charge < -0.3 is 9.64 Å². The Labute approximate surface area is 250 Å². The van der Waals surface area contributed by atoms with Crippen LogP contribution in [0.2, 0.25) is 0 Å². The number of imide groups is 1. The molecule has 10 heteroatoms. The monoisotopic (exact) mass is 754 g/mol. The van der Waals surface area contributed by atoms with Crippen LogP contribution >= 0.6 is 56.9 Å². The van der Waals surface area contributed by atoms with Crippen molar-refractivity contribution < 1.29 is 23.5 Å². The molecule has 0 bridgehead atoms. The quantitative estimate of drug-likeness (QED) is 0.221. The minimum Gasteiger partial charge on any atom is -0.487 e. The fourth-order valence-electron chi connectivity index (χ4n) is 4.30. The lowest BCUT2D eigenvalue weighted by molar-refractivity contribution is -0.136. The smallest absolute Gasteiger partial charge is 0.294 e. The molecule has 0 aliphatic carbocycles. The summed E-state index contributed by atoms with van der Waals surface area (Å²) in [5.74, 6) is -0.430. The van der Waals surface area contributed by atoms with Crippen molar-refractivity contribution in [1.29, 1.82) is 0 Å². The zero-order valence-corrected chi connectivity index (χ0v) is 25.1. The minimum absolute atomic E-state index is 0.0908. The summed E-state index contributed by atoms with van der Waals surface area (Å²) in [5, 5.41) is -0.457. The number of hydrogen-bond acceptors (Lipinski definition) is 5. The average molecular weight is 754 g/mol. The predicted molar refractivity (Wildman–Crippen MR) is 161 cm³/mol. The molecular formula is C28H21FI2N2O4S. The summed E-state index contributed by atoms with van der Waals surface area (Å²) in [5.41, 5.74) is 3.49. The molecule has 0 saturated carbocycles. The second kappa shape index (κ2) is 11.7. The van der Waals surface area contributed by atoms with Gasteiger partial charge in [-0.15, -0.1) is 0 Å². The molecule has 0 unspecified atom stereocenters. The molecule has 194 valence electrons. The number of amides is 3. The van der Waals surface area contributed by atoms with Gasteiger partial charge in [0.05, 0.1) is 12.0 Å². The molecule has 38 heavy (non-hydrogen) atoms. The molecule has 0 N–H and O–H groups in total. The summed E-state index contributed by atoms with van der Waals surface area (Å²) < 4.78 is 21.4. The van der Waals surface area contributed by atoms with E-state index in [0.29, 0.717) is 24.4 Å². The largest absolute Gasteiger partial charge is 0.487 e. The van der Waals surface area contributed by atoms with E-state index in [1.165, 1.54) is 11.6 Å². The van der Waals surface area contributed by atoms with Crippen LogP contribution < -0.4 is 4.74 Å². The van der Waals surface area contributed by atoms with Crippen molar-refractivity contribution >= 4 is 80.1 Å². The van der Waals surface area contributed by atoms with E-state index in [-0.39, 0.29) is 29.8 Å². The number of thioether (sulfide) groups is 1. The van der Waals surface area contributed by atoms with Crippen LogP contribution in [0.4, 0.5) is 9.18 Å². The highest BCUT2D eigenvalue weighted by Crippen LogP contribution is 2.35. The first-order chi connectivity index (χ1) is 18.3. The third-order valence-electron chi connectivity index (χ3n) is 6.30. The van der Waals surface area contributed by atoms with Gasteiger partial charge >= 0.3 is 0 Å². The van der Waals surface area contributed by atoms with Crippen LogP contribution in [0.5, 0.6) is 5.75 Å². The van der Waals surface area contributed by atoms with E-state index < -0.39 is 11.1 Å². The van der Waals surface area contributed by atoms with Gasteiger partial charge in [0.2, 0.25) is 5.91 Å². The maximum atomic E-state index is 13.9. The van der Waals surface area contributed by atoms with Crippen molar-refractivity contribution in [2.45, 2.75) is 19.6 Å². The van der Waals surface area contributed by atoms with Crippen molar-refractivity contribution in [2.75, 3.05) is 13.1 Å². The van der Waals surface area contributed by atoms with E-state index in [0.717, 1.165) is 41.3 Å². The zero-order chi connectivity index (χ0) is 26.8. The lowest BCUT2D eigenvalue weighted by Gasteiger charge is -2.29. The number of hydrogen-bond donors (Lipinski definition) is 0. The molecule has 2 aliphatic heterocycles. The van der Waals surface area contributed by atoms with Gasteiger partial charge in [0.1, 0.15) is 24.7 Å². The van der Waals surface area contributed by atoms with Gasteiger partial charge in [-0.25, -0.2) is 4.39 Å². The maximum Gasteiger partial charge on any atom is 0.294 e. The molecule has 1 fully saturated rings. The van der Waals surface area contributed by atoms with E-state index in [4.69, 9.17) is 4.74 Å². The molecular weight excluding hydrogens is 733 g/mol. The molecule has 0 atom stereocenters. The van der Waals surface area contributed by atoms with E-state index >= 15 is 0 Å². The molecule has 0 radical (unpaired) electrons. The van der Waals surface area contributed by atoms with Gasteiger partial charge in [-0.05, 0) is 104 Å². The number of fused-ring (bicyclic) bond motifs is 1. The predicted octanol–water partition coefficient (Wildman–Crippen LogP) is 6.24. The number of carbonyl (C=O) groups is 3. The molecule has 0 aromatic heterocycles. The first-order valence-electron chi connectivity index (χ1n) is 11.8. The molecule has 6 nitrogen and oxygen atoms in total. The molecule has 2 aliphatic rings. The Hall–Kier alpha value is -2.45. The van der Waals surface area contributed by atoms with Gasteiger partial charge in [-0.1, -0.05) is 42.5 Å². The molecule has 5 rings (SSSR count). The average Bonchev–Trinajstić information content (AvgIpc) is 3.16. The highest BCUT2D eigenvalue weighted by molar-refractivity contribution is 14.1. The van der Waals surface area contributed by atoms with Gasteiger partial charge in [0.15, 0.2) is 0 Å². The second-order valence-electron chi connectivity index (χ2n) is 8.80. The minimum atomic E-state index is -0.476. The van der Waals surface area contributed by atoms with Crippen LogP contribution in [0.3, 0.4) is 0 Å². The van der Waals surface area contributed by atoms with Gasteiger partial charge in [-0.2, -0.15) is 0 Å². The maximum absolute atomic E-state index is 13.9. The Bertz CT molecular complexity index is 1460. The van der Waals surface area contributed by atoms with Crippen molar-refractivity contribution in [3.05, 3.63) is 101 Å². The Kier molecular flexibility index (Phi) is 8.38. The third-order valence-corrected chi connectivity index (χ3v) is 8.81. The first kappa shape index (κ1) is 27.1. The number of nitrogens with zero attached hydrogens (tertiary/aromatic N) is 2. The van der Waals surface area contributed by atoms with Crippen LogP contribution in [0.25, 0.3) is 6.08 Å². The van der Waals surface area contributed by atoms with E-state index in [1.807, 2.05) is 30.3 Å². The normalized spacial score (nSPS) is 16.2. The van der Waals surface area contributed by atoms with Crippen LogP contribution in [-0.4, -0.2) is 39.9 Å². The van der Waals surface area contributed by atoms with Crippen LogP contribution in [0.15, 0.2) is 65.6 Å². The molecule has 3 aromatic rings. The SMILES string of the molecule is O=C(CN1C(=O)S/C(=C\c2cc(I)c(OCc3ccccc3F)c(I)c2)C1=O)N1CCc2ccccc2C1. The fraction of sp³-hybridized carbons (Fsp3) is 0.179. The summed E-state index contributed by atoms with van der Waals surface area (Å²) in [6.07, 6.45) is 2.40. The topological polar surface area (TPSA) is 66.9 Å². The Balaban J connectivity index is 1.26. The van der Waals surface area contributed by atoms with E-state index in [2.05, 4.69) is 51.2 Å². The number of ether oxygens (including phenoxy) is 1. The Morgan fingerprint density at radius 3 is 2.45 bits per heavy atom. The lowest BCUT2D eigenvalue weighted by atomic mass is 10.00. The molecule has 3 aromatic carbocycles. The van der Waals surface area contributed by atoms with Gasteiger partial charge in [-0.3, -0.25) is 19.3 Å². The van der Waals surface area contributed by atoms with E-state index in [1.54, 1.807) is 29.2 Å². The summed E-state index contributed by atoms with van der Waals surface area (Å²) in [6, 6.07) is 18.1. The van der Waals surface area contributed by atoms with Crippen molar-refractivity contribution in [3.63, 3.8) is 0 Å². The number of benzene rings is 3. The third kappa shape index (κ3) is 5.91. The summed E-state index contributed by atoms with van der Waals surface area (Å²) in [6.45, 7) is 0.850. The Morgan fingerprint density at radius 1 is 1.03 bits per heavy atom. The molecule has 0 spiro atoms. The standard InChI is InChI=1S/C28H21FI2N2O4S/c29-21-8-4-3-7-20(21)16-37-26-22(30)11-17(12-23(26)31)13-24-27(35)33(28(36)38-24)15-25(34)32-10-9-18-5-1-2-6-19(18)14-32/h1-8,11-13H,9-10,14-16H2/b24-13-. The first-order valence-corrected chi connectivity index (χ1v) is 14.7. The second-order valence-corrected chi connectivity index (χ2v) is 12.1. The summed E-state index contributed by atoms with van der Waals surface area (Å²) in [4.78, 5) is 41.6. The molecule has 2 heterocycles. The zero-order valence-electron chi connectivity index (χ0n) is 20.0. The van der Waals surface area contributed by atoms with Crippen molar-refractivity contribution in [1.82, 2.24) is 9.80 Å². The number of rotatable bonds is 6. The fourth-order valence-corrected chi connectivity index (χ4v) is 7.26. The lowest BCUT2D eigenvalue weighted by Crippen LogP contribution is -2.44. The van der Waals surface area contributed by atoms with Gasteiger partial charge in [0.25, 0.3) is 11.1 Å². The molecule has 1 saturated heterocycles. The van der Waals surface area contributed by atoms with Crippen LogP contribution in [-0.2, 0) is 29.2 Å².